The Morgan fingerprint density at radius 3 is 1.80 bits per heavy atom. The molecule has 1 rings (SSSR count). The maximum atomic E-state index is 11.8. The van der Waals surface area contributed by atoms with Crippen molar-refractivity contribution in [3.8, 4) is 6.07 Å². The molecule has 0 saturated heterocycles. The van der Waals surface area contributed by atoms with Gasteiger partial charge in [-0.05, 0) is 30.7 Å². The average molecular weight is 344 g/mol. The largest absolute Gasteiger partial charge is 0.462 e. The Labute approximate surface area is 153 Å². The summed E-state index contributed by atoms with van der Waals surface area (Å²) in [5.41, 5.74) is 1.07. The Morgan fingerprint density at radius 2 is 1.32 bits per heavy atom. The number of carbonyl (C=O) groups excluding carboxylic acids is 1. The molecule has 3 heteroatoms. The van der Waals surface area contributed by atoms with Crippen molar-refractivity contribution >= 4 is 5.97 Å². The minimum Gasteiger partial charge on any atom is -0.462 e. The molecule has 0 aliphatic rings. The number of esters is 1. The van der Waals surface area contributed by atoms with Crippen LogP contribution in [-0.4, -0.2) is 12.6 Å². The zero-order chi connectivity index (χ0) is 18.2. The topological polar surface area (TPSA) is 50.1 Å². The lowest BCUT2D eigenvalue weighted by Gasteiger charge is -2.05. The third kappa shape index (κ3) is 10.6. The first-order valence-electron chi connectivity index (χ1n) is 9.95. The van der Waals surface area contributed by atoms with Gasteiger partial charge in [-0.1, -0.05) is 77.6 Å². The van der Waals surface area contributed by atoms with Gasteiger partial charge in [-0.25, -0.2) is 4.79 Å². The summed E-state index contributed by atoms with van der Waals surface area (Å²) in [7, 11) is 0. The molecule has 0 heterocycles. The lowest BCUT2D eigenvalue weighted by atomic mass is 10.1. The molecule has 0 spiro atoms. The van der Waals surface area contributed by atoms with Gasteiger partial charge in [0.2, 0.25) is 0 Å². The highest BCUT2D eigenvalue weighted by Gasteiger charge is 2.06. The van der Waals surface area contributed by atoms with E-state index in [1.54, 1.807) is 24.3 Å². The van der Waals surface area contributed by atoms with E-state index < -0.39 is 0 Å². The summed E-state index contributed by atoms with van der Waals surface area (Å²) in [6, 6.07) is 8.60. The fraction of sp³-hybridized carbons (Fsp3) is 0.636. The Morgan fingerprint density at radius 1 is 0.840 bits per heavy atom. The summed E-state index contributed by atoms with van der Waals surface area (Å²) >= 11 is 0. The van der Waals surface area contributed by atoms with E-state index in [-0.39, 0.29) is 5.97 Å². The summed E-state index contributed by atoms with van der Waals surface area (Å²) in [4.78, 5) is 11.8. The summed E-state index contributed by atoms with van der Waals surface area (Å²) < 4.78 is 5.27. The van der Waals surface area contributed by atoms with Crippen molar-refractivity contribution in [1.29, 1.82) is 5.26 Å². The molecule has 0 fully saturated rings. The lowest BCUT2D eigenvalue weighted by molar-refractivity contribution is 0.0497. The van der Waals surface area contributed by atoms with Gasteiger partial charge in [-0.3, -0.25) is 0 Å². The first kappa shape index (κ1) is 21.2. The molecule has 0 amide bonds. The second-order valence-corrected chi connectivity index (χ2v) is 6.71. The number of ether oxygens (including phenoxy) is 1. The summed E-state index contributed by atoms with van der Waals surface area (Å²) in [5.74, 6) is -0.299. The maximum absolute atomic E-state index is 11.8. The molecule has 1 aromatic rings. The fourth-order valence-corrected chi connectivity index (χ4v) is 2.87. The molecular weight excluding hydrogens is 310 g/mol. The molecular formula is C22H33NO2. The summed E-state index contributed by atoms with van der Waals surface area (Å²) in [5, 5.41) is 8.74. The third-order valence-corrected chi connectivity index (χ3v) is 4.48. The van der Waals surface area contributed by atoms with Crippen LogP contribution in [-0.2, 0) is 4.74 Å². The molecule has 3 nitrogen and oxygen atoms in total. The minimum absolute atomic E-state index is 0.299. The van der Waals surface area contributed by atoms with Gasteiger partial charge in [0.05, 0.1) is 23.8 Å². The first-order valence-corrected chi connectivity index (χ1v) is 9.95. The quantitative estimate of drug-likeness (QED) is 0.289. The lowest BCUT2D eigenvalue weighted by Crippen LogP contribution is -2.06. The van der Waals surface area contributed by atoms with Crippen molar-refractivity contribution in [3.63, 3.8) is 0 Å². The molecule has 0 bridgehead atoms. The molecule has 25 heavy (non-hydrogen) atoms. The van der Waals surface area contributed by atoms with Crippen molar-refractivity contribution in [2.75, 3.05) is 6.61 Å². The van der Waals surface area contributed by atoms with E-state index in [1.807, 2.05) is 6.07 Å². The van der Waals surface area contributed by atoms with Crippen LogP contribution in [0.1, 0.15) is 99.9 Å². The highest BCUT2D eigenvalue weighted by Crippen LogP contribution is 2.12. The standard InChI is InChI=1S/C22H33NO2/c1-2-3-4-5-6-7-8-9-10-11-12-13-18-25-22(24)21-16-14-20(19-23)15-17-21/h14-17H,2-13,18H2,1H3. The van der Waals surface area contributed by atoms with E-state index in [0.717, 1.165) is 12.8 Å². The monoisotopic (exact) mass is 343 g/mol. The van der Waals surface area contributed by atoms with Crippen LogP contribution in [0.4, 0.5) is 0 Å². The van der Waals surface area contributed by atoms with Gasteiger partial charge in [0, 0.05) is 0 Å². The number of rotatable bonds is 14. The van der Waals surface area contributed by atoms with E-state index in [4.69, 9.17) is 10.00 Å². The van der Waals surface area contributed by atoms with E-state index in [9.17, 15) is 4.79 Å². The molecule has 1 aromatic carbocycles. The van der Waals surface area contributed by atoms with Gasteiger partial charge in [-0.2, -0.15) is 5.26 Å². The Bertz CT molecular complexity index is 502. The number of hydrogen-bond acceptors (Lipinski definition) is 3. The van der Waals surface area contributed by atoms with Gasteiger partial charge in [0.25, 0.3) is 0 Å². The second-order valence-electron chi connectivity index (χ2n) is 6.71. The van der Waals surface area contributed by atoms with E-state index in [0.29, 0.717) is 17.7 Å². The van der Waals surface area contributed by atoms with Crippen LogP contribution in [0.25, 0.3) is 0 Å². The predicted octanol–water partition coefficient (Wildman–Crippen LogP) is 6.42. The fourth-order valence-electron chi connectivity index (χ4n) is 2.87. The van der Waals surface area contributed by atoms with Crippen LogP contribution in [0.3, 0.4) is 0 Å². The predicted molar refractivity (Wildman–Crippen MR) is 103 cm³/mol. The van der Waals surface area contributed by atoms with Crippen LogP contribution in [0.5, 0.6) is 0 Å². The minimum atomic E-state index is -0.299. The van der Waals surface area contributed by atoms with Crippen molar-refractivity contribution < 1.29 is 9.53 Å². The average Bonchev–Trinajstić information content (AvgIpc) is 2.65. The molecule has 0 atom stereocenters. The zero-order valence-corrected chi connectivity index (χ0v) is 15.8. The van der Waals surface area contributed by atoms with Crippen molar-refractivity contribution in [1.82, 2.24) is 0 Å². The summed E-state index contributed by atoms with van der Waals surface area (Å²) in [6.45, 7) is 2.74. The van der Waals surface area contributed by atoms with Crippen molar-refractivity contribution in [2.24, 2.45) is 0 Å². The highest BCUT2D eigenvalue weighted by molar-refractivity contribution is 5.89. The number of nitrogens with zero attached hydrogens (tertiary/aromatic N) is 1. The van der Waals surface area contributed by atoms with Crippen LogP contribution >= 0.6 is 0 Å². The number of unbranched alkanes of at least 4 members (excludes halogenated alkanes) is 11. The van der Waals surface area contributed by atoms with Crippen LogP contribution in [0.2, 0.25) is 0 Å². The molecule has 138 valence electrons. The van der Waals surface area contributed by atoms with Gasteiger partial charge in [0.1, 0.15) is 0 Å². The number of benzene rings is 1. The molecule has 0 radical (unpaired) electrons. The van der Waals surface area contributed by atoms with E-state index in [2.05, 4.69) is 6.92 Å². The van der Waals surface area contributed by atoms with Gasteiger partial charge in [0.15, 0.2) is 0 Å². The Hall–Kier alpha value is -1.82. The van der Waals surface area contributed by atoms with Crippen LogP contribution < -0.4 is 0 Å². The smallest absolute Gasteiger partial charge is 0.338 e. The second kappa shape index (κ2) is 14.5. The van der Waals surface area contributed by atoms with Crippen LogP contribution in [0.15, 0.2) is 24.3 Å². The molecule has 0 saturated carbocycles. The SMILES string of the molecule is CCCCCCCCCCCCCCOC(=O)c1ccc(C#N)cc1. The van der Waals surface area contributed by atoms with E-state index in [1.165, 1.54) is 64.2 Å². The van der Waals surface area contributed by atoms with Crippen molar-refractivity contribution in [3.05, 3.63) is 35.4 Å². The molecule has 0 aliphatic heterocycles. The summed E-state index contributed by atoms with van der Waals surface area (Å²) in [6.07, 6.45) is 15.5. The molecule has 0 aromatic heterocycles. The Balaban J connectivity index is 1.91. The Kier molecular flexibility index (Phi) is 12.3. The van der Waals surface area contributed by atoms with Gasteiger partial charge in [-0.15, -0.1) is 0 Å². The third-order valence-electron chi connectivity index (χ3n) is 4.48. The number of nitriles is 1. The van der Waals surface area contributed by atoms with Gasteiger partial charge < -0.3 is 4.74 Å². The maximum Gasteiger partial charge on any atom is 0.338 e. The first-order chi connectivity index (χ1) is 12.3. The highest BCUT2D eigenvalue weighted by atomic mass is 16.5. The molecule has 0 N–H and O–H groups in total. The normalized spacial score (nSPS) is 10.4. The van der Waals surface area contributed by atoms with Crippen molar-refractivity contribution in [2.45, 2.75) is 84.0 Å². The number of carbonyl (C=O) groups is 1. The zero-order valence-electron chi connectivity index (χ0n) is 15.8. The van der Waals surface area contributed by atoms with E-state index >= 15 is 0 Å². The molecule has 0 unspecified atom stereocenters. The van der Waals surface area contributed by atoms with Gasteiger partial charge >= 0.3 is 5.97 Å². The molecule has 0 aliphatic carbocycles. The van der Waals surface area contributed by atoms with Crippen LogP contribution in [0, 0.1) is 11.3 Å². The number of hydrogen-bond donors (Lipinski definition) is 0.